The van der Waals surface area contributed by atoms with Crippen LogP contribution >= 0.6 is 0 Å². The number of hydrogen-bond donors (Lipinski definition) is 3. The lowest BCUT2D eigenvalue weighted by Crippen LogP contribution is -2.44. The highest BCUT2D eigenvalue weighted by atomic mass is 16.5. The standard InChI is InChI=1S/C11H24N4O2/c1-4-6-13-10(16)9-15-11(12-3)14-7-8-17-5-2/h4-9H2,1-3H3,(H,13,16)(H2,12,14,15). The summed E-state index contributed by atoms with van der Waals surface area (Å²) in [7, 11) is 1.67. The average molecular weight is 244 g/mol. The summed E-state index contributed by atoms with van der Waals surface area (Å²) in [6, 6.07) is 0. The predicted octanol–water partition coefficient (Wildman–Crippen LogP) is -0.286. The molecule has 0 aliphatic heterocycles. The van der Waals surface area contributed by atoms with Crippen molar-refractivity contribution in [2.75, 3.05) is 39.9 Å². The Labute approximate surface area is 103 Å². The zero-order valence-corrected chi connectivity index (χ0v) is 11.0. The summed E-state index contributed by atoms with van der Waals surface area (Å²) in [6.07, 6.45) is 0.938. The van der Waals surface area contributed by atoms with Gasteiger partial charge in [0.1, 0.15) is 0 Å². The molecule has 6 heteroatoms. The second-order valence-corrected chi connectivity index (χ2v) is 3.40. The minimum absolute atomic E-state index is 0.0281. The van der Waals surface area contributed by atoms with Gasteiger partial charge in [0, 0.05) is 26.7 Å². The van der Waals surface area contributed by atoms with Gasteiger partial charge in [0.2, 0.25) is 5.91 Å². The van der Waals surface area contributed by atoms with Gasteiger partial charge in [-0.3, -0.25) is 9.79 Å². The molecular weight excluding hydrogens is 220 g/mol. The van der Waals surface area contributed by atoms with Gasteiger partial charge in [0.05, 0.1) is 13.2 Å². The molecule has 0 aromatic carbocycles. The highest BCUT2D eigenvalue weighted by Gasteiger charge is 2.01. The third kappa shape index (κ3) is 9.62. The van der Waals surface area contributed by atoms with E-state index in [1.165, 1.54) is 0 Å². The van der Waals surface area contributed by atoms with Gasteiger partial charge in [-0.05, 0) is 13.3 Å². The second-order valence-electron chi connectivity index (χ2n) is 3.40. The number of nitrogens with one attached hydrogen (secondary N) is 3. The van der Waals surface area contributed by atoms with E-state index in [0.29, 0.717) is 32.3 Å². The summed E-state index contributed by atoms with van der Waals surface area (Å²) in [5.41, 5.74) is 0. The van der Waals surface area contributed by atoms with Crippen molar-refractivity contribution in [3.05, 3.63) is 0 Å². The van der Waals surface area contributed by atoms with Gasteiger partial charge < -0.3 is 20.7 Å². The minimum atomic E-state index is -0.0281. The number of amides is 1. The van der Waals surface area contributed by atoms with Gasteiger partial charge in [-0.2, -0.15) is 0 Å². The summed E-state index contributed by atoms with van der Waals surface area (Å²) in [5.74, 6) is 0.580. The molecule has 100 valence electrons. The molecule has 1 amide bonds. The van der Waals surface area contributed by atoms with Crippen LogP contribution in [0, 0.1) is 0 Å². The Morgan fingerprint density at radius 3 is 2.53 bits per heavy atom. The van der Waals surface area contributed by atoms with E-state index in [1.54, 1.807) is 7.05 Å². The van der Waals surface area contributed by atoms with E-state index < -0.39 is 0 Å². The number of nitrogens with zero attached hydrogens (tertiary/aromatic N) is 1. The third-order valence-corrected chi connectivity index (χ3v) is 1.96. The first kappa shape index (κ1) is 15.7. The Morgan fingerprint density at radius 1 is 1.18 bits per heavy atom. The molecule has 0 heterocycles. The van der Waals surface area contributed by atoms with Crippen LogP contribution in [0.1, 0.15) is 20.3 Å². The van der Waals surface area contributed by atoms with Crippen LogP contribution in [0.2, 0.25) is 0 Å². The van der Waals surface area contributed by atoms with E-state index in [-0.39, 0.29) is 12.5 Å². The Kier molecular flexibility index (Phi) is 10.3. The maximum atomic E-state index is 11.3. The van der Waals surface area contributed by atoms with E-state index in [9.17, 15) is 4.79 Å². The third-order valence-electron chi connectivity index (χ3n) is 1.96. The fourth-order valence-corrected chi connectivity index (χ4v) is 1.10. The quantitative estimate of drug-likeness (QED) is 0.312. The van der Waals surface area contributed by atoms with Crippen LogP contribution in [0.5, 0.6) is 0 Å². The minimum Gasteiger partial charge on any atom is -0.380 e. The van der Waals surface area contributed by atoms with Gasteiger partial charge in [-0.15, -0.1) is 0 Å². The summed E-state index contributed by atoms with van der Waals surface area (Å²) in [5, 5.41) is 8.76. The maximum absolute atomic E-state index is 11.3. The van der Waals surface area contributed by atoms with Crippen molar-refractivity contribution in [2.24, 2.45) is 4.99 Å². The van der Waals surface area contributed by atoms with Crippen LogP contribution in [-0.2, 0) is 9.53 Å². The van der Waals surface area contributed by atoms with E-state index in [4.69, 9.17) is 4.74 Å². The zero-order valence-electron chi connectivity index (χ0n) is 11.0. The van der Waals surface area contributed by atoms with Crippen molar-refractivity contribution in [1.29, 1.82) is 0 Å². The Bertz CT molecular complexity index is 232. The Hall–Kier alpha value is -1.30. The lowest BCUT2D eigenvalue weighted by molar-refractivity contribution is -0.120. The van der Waals surface area contributed by atoms with Crippen LogP contribution in [-0.4, -0.2) is 51.8 Å². The summed E-state index contributed by atoms with van der Waals surface area (Å²) in [4.78, 5) is 15.3. The van der Waals surface area contributed by atoms with Crippen molar-refractivity contribution in [3.8, 4) is 0 Å². The van der Waals surface area contributed by atoms with Gasteiger partial charge >= 0.3 is 0 Å². The van der Waals surface area contributed by atoms with Gasteiger partial charge in [0.15, 0.2) is 5.96 Å². The highest BCUT2D eigenvalue weighted by molar-refractivity contribution is 5.86. The first-order valence-electron chi connectivity index (χ1n) is 6.03. The van der Waals surface area contributed by atoms with Crippen LogP contribution in [0.25, 0.3) is 0 Å². The number of guanidine groups is 1. The molecule has 0 unspecified atom stereocenters. The van der Waals surface area contributed by atoms with Crippen molar-refractivity contribution >= 4 is 11.9 Å². The Balaban J connectivity index is 3.64. The molecule has 0 saturated carbocycles. The number of hydrogen-bond acceptors (Lipinski definition) is 3. The number of aliphatic imine (C=N–C) groups is 1. The largest absolute Gasteiger partial charge is 0.380 e. The number of carbonyl (C=O) groups is 1. The first-order chi connectivity index (χ1) is 8.24. The fraction of sp³-hybridized carbons (Fsp3) is 0.818. The molecule has 0 saturated heterocycles. The molecule has 3 N–H and O–H groups in total. The number of rotatable bonds is 8. The SMILES string of the molecule is CCCNC(=O)CNC(=NC)NCCOCC. The van der Waals surface area contributed by atoms with Gasteiger partial charge in [-0.1, -0.05) is 6.92 Å². The van der Waals surface area contributed by atoms with Crippen molar-refractivity contribution in [3.63, 3.8) is 0 Å². The summed E-state index contributed by atoms with van der Waals surface area (Å²) in [6.45, 7) is 6.90. The molecule has 0 aromatic heterocycles. The smallest absolute Gasteiger partial charge is 0.239 e. The van der Waals surface area contributed by atoms with Crippen LogP contribution in [0.15, 0.2) is 4.99 Å². The maximum Gasteiger partial charge on any atom is 0.239 e. The van der Waals surface area contributed by atoms with Crippen LogP contribution in [0.3, 0.4) is 0 Å². The van der Waals surface area contributed by atoms with E-state index >= 15 is 0 Å². The molecule has 17 heavy (non-hydrogen) atoms. The van der Waals surface area contributed by atoms with E-state index in [2.05, 4.69) is 20.9 Å². The van der Waals surface area contributed by atoms with Crippen LogP contribution in [0.4, 0.5) is 0 Å². The molecule has 0 aromatic rings. The number of carbonyl (C=O) groups excluding carboxylic acids is 1. The zero-order chi connectivity index (χ0) is 12.9. The lowest BCUT2D eigenvalue weighted by Gasteiger charge is -2.11. The molecule has 0 atom stereocenters. The van der Waals surface area contributed by atoms with E-state index in [1.807, 2.05) is 13.8 Å². The molecule has 0 aliphatic carbocycles. The average Bonchev–Trinajstić information content (AvgIpc) is 2.35. The first-order valence-corrected chi connectivity index (χ1v) is 6.03. The topological polar surface area (TPSA) is 74.8 Å². The molecule has 0 bridgehead atoms. The van der Waals surface area contributed by atoms with E-state index in [0.717, 1.165) is 6.42 Å². The van der Waals surface area contributed by atoms with Crippen molar-refractivity contribution in [2.45, 2.75) is 20.3 Å². The molecule has 0 fully saturated rings. The highest BCUT2D eigenvalue weighted by Crippen LogP contribution is 1.74. The Morgan fingerprint density at radius 2 is 1.94 bits per heavy atom. The summed E-state index contributed by atoms with van der Waals surface area (Å²) >= 11 is 0. The number of ether oxygens (including phenoxy) is 1. The molecule has 0 spiro atoms. The molecule has 6 nitrogen and oxygen atoms in total. The molecule has 0 radical (unpaired) electrons. The normalized spacial score (nSPS) is 11.1. The predicted molar refractivity (Wildman–Crippen MR) is 69.2 cm³/mol. The van der Waals surface area contributed by atoms with Gasteiger partial charge in [-0.25, -0.2) is 0 Å². The fourth-order valence-electron chi connectivity index (χ4n) is 1.10. The van der Waals surface area contributed by atoms with Crippen molar-refractivity contribution < 1.29 is 9.53 Å². The molecular formula is C11H24N4O2. The molecule has 0 rings (SSSR count). The second kappa shape index (κ2) is 11.2. The monoisotopic (exact) mass is 244 g/mol. The van der Waals surface area contributed by atoms with Crippen LogP contribution < -0.4 is 16.0 Å². The van der Waals surface area contributed by atoms with Crippen molar-refractivity contribution in [1.82, 2.24) is 16.0 Å². The summed E-state index contributed by atoms with van der Waals surface area (Å²) < 4.78 is 5.18. The molecule has 0 aliphatic rings. The lowest BCUT2D eigenvalue weighted by atomic mass is 10.4. The van der Waals surface area contributed by atoms with Gasteiger partial charge in [0.25, 0.3) is 0 Å².